The van der Waals surface area contributed by atoms with Gasteiger partial charge in [-0.15, -0.1) is 0 Å². The molecule has 0 spiro atoms. The maximum atomic E-state index is 9.27. The van der Waals surface area contributed by atoms with E-state index in [9.17, 15) is 5.11 Å². The predicted molar refractivity (Wildman–Crippen MR) is 64.0 cm³/mol. The highest BCUT2D eigenvalue weighted by atomic mass is 16.3. The molecule has 0 amide bonds. The van der Waals surface area contributed by atoms with E-state index in [1.54, 1.807) is 0 Å². The van der Waals surface area contributed by atoms with Crippen LogP contribution in [0.25, 0.3) is 0 Å². The second kappa shape index (κ2) is 5.83. The van der Waals surface area contributed by atoms with Crippen molar-refractivity contribution < 1.29 is 5.11 Å². The van der Waals surface area contributed by atoms with Crippen LogP contribution in [-0.4, -0.2) is 48.3 Å². The minimum Gasteiger partial charge on any atom is -0.395 e. The molecule has 1 fully saturated rings. The van der Waals surface area contributed by atoms with Gasteiger partial charge in [-0.1, -0.05) is 13.8 Å². The Balaban J connectivity index is 2.38. The number of hydrogen-bond donors (Lipinski definition) is 2. The SMILES string of the molecule is CC(C)[C@@H](CO)NC1CCN(C)C(C)C1. The van der Waals surface area contributed by atoms with Crippen LogP contribution in [0.5, 0.6) is 0 Å². The summed E-state index contributed by atoms with van der Waals surface area (Å²) in [6.07, 6.45) is 2.39. The average molecular weight is 214 g/mol. The van der Waals surface area contributed by atoms with Gasteiger partial charge >= 0.3 is 0 Å². The molecule has 1 aliphatic rings. The number of rotatable bonds is 4. The van der Waals surface area contributed by atoms with Crippen LogP contribution >= 0.6 is 0 Å². The Kier molecular flexibility index (Phi) is 5.03. The Hall–Kier alpha value is -0.120. The summed E-state index contributed by atoms with van der Waals surface area (Å²) in [5.41, 5.74) is 0. The Morgan fingerprint density at radius 3 is 2.60 bits per heavy atom. The third-order valence-electron chi connectivity index (χ3n) is 3.66. The summed E-state index contributed by atoms with van der Waals surface area (Å²) in [5.74, 6) is 0.505. The molecule has 3 atom stereocenters. The first-order chi connectivity index (χ1) is 7.04. The van der Waals surface area contributed by atoms with E-state index in [-0.39, 0.29) is 12.6 Å². The van der Waals surface area contributed by atoms with Crippen LogP contribution in [0.1, 0.15) is 33.6 Å². The van der Waals surface area contributed by atoms with Crippen LogP contribution in [0.4, 0.5) is 0 Å². The van der Waals surface area contributed by atoms with Crippen molar-refractivity contribution in [2.24, 2.45) is 5.92 Å². The molecule has 0 saturated carbocycles. The smallest absolute Gasteiger partial charge is 0.0587 e. The quantitative estimate of drug-likeness (QED) is 0.735. The number of aliphatic hydroxyl groups is 1. The van der Waals surface area contributed by atoms with E-state index in [1.807, 2.05) is 0 Å². The van der Waals surface area contributed by atoms with Gasteiger partial charge in [0.2, 0.25) is 0 Å². The molecule has 3 nitrogen and oxygen atoms in total. The summed E-state index contributed by atoms with van der Waals surface area (Å²) >= 11 is 0. The van der Waals surface area contributed by atoms with Gasteiger partial charge < -0.3 is 15.3 Å². The monoisotopic (exact) mass is 214 g/mol. The standard InChI is InChI=1S/C12H26N2O/c1-9(2)12(8-15)13-11-5-6-14(4)10(3)7-11/h9-13,15H,5-8H2,1-4H3/t10?,11?,12-/m1/s1. The van der Waals surface area contributed by atoms with E-state index in [0.717, 1.165) is 6.54 Å². The summed E-state index contributed by atoms with van der Waals surface area (Å²) < 4.78 is 0. The van der Waals surface area contributed by atoms with Gasteiger partial charge in [0.25, 0.3) is 0 Å². The maximum Gasteiger partial charge on any atom is 0.0587 e. The number of likely N-dealkylation sites (tertiary alicyclic amines) is 1. The molecule has 3 heteroatoms. The summed E-state index contributed by atoms with van der Waals surface area (Å²) in [7, 11) is 2.19. The van der Waals surface area contributed by atoms with Gasteiger partial charge in [-0.2, -0.15) is 0 Å². The van der Waals surface area contributed by atoms with Gasteiger partial charge in [-0.25, -0.2) is 0 Å². The van der Waals surface area contributed by atoms with Crippen LogP contribution in [0.15, 0.2) is 0 Å². The topological polar surface area (TPSA) is 35.5 Å². The molecule has 0 radical (unpaired) electrons. The van der Waals surface area contributed by atoms with Crippen molar-refractivity contribution in [2.45, 2.75) is 51.7 Å². The fourth-order valence-corrected chi connectivity index (χ4v) is 2.20. The van der Waals surface area contributed by atoms with E-state index in [4.69, 9.17) is 0 Å². The fourth-order valence-electron chi connectivity index (χ4n) is 2.20. The van der Waals surface area contributed by atoms with Crippen LogP contribution < -0.4 is 5.32 Å². The van der Waals surface area contributed by atoms with Crippen molar-refractivity contribution in [1.29, 1.82) is 0 Å². The lowest BCUT2D eigenvalue weighted by atomic mass is 9.96. The normalized spacial score (nSPS) is 30.8. The highest BCUT2D eigenvalue weighted by Gasteiger charge is 2.25. The molecule has 90 valence electrons. The molecule has 1 rings (SSSR count). The zero-order chi connectivity index (χ0) is 11.4. The highest BCUT2D eigenvalue weighted by molar-refractivity contribution is 4.84. The van der Waals surface area contributed by atoms with Crippen LogP contribution in [0.2, 0.25) is 0 Å². The van der Waals surface area contributed by atoms with Gasteiger partial charge in [0.15, 0.2) is 0 Å². The highest BCUT2D eigenvalue weighted by Crippen LogP contribution is 2.16. The fraction of sp³-hybridized carbons (Fsp3) is 1.00. The molecule has 0 aromatic carbocycles. The Morgan fingerprint density at radius 2 is 2.13 bits per heavy atom. The molecule has 0 aromatic rings. The molecule has 15 heavy (non-hydrogen) atoms. The lowest BCUT2D eigenvalue weighted by Crippen LogP contribution is -2.50. The van der Waals surface area contributed by atoms with Crippen molar-refractivity contribution in [1.82, 2.24) is 10.2 Å². The summed E-state index contributed by atoms with van der Waals surface area (Å²) in [4.78, 5) is 2.40. The summed E-state index contributed by atoms with van der Waals surface area (Å²) in [5, 5.41) is 12.9. The molecule has 1 aliphatic heterocycles. The van der Waals surface area contributed by atoms with Gasteiger partial charge in [0.1, 0.15) is 0 Å². The van der Waals surface area contributed by atoms with E-state index >= 15 is 0 Å². The molecular formula is C12H26N2O. The molecular weight excluding hydrogens is 188 g/mol. The molecule has 1 saturated heterocycles. The van der Waals surface area contributed by atoms with Crippen LogP contribution in [0.3, 0.4) is 0 Å². The minimum atomic E-state index is 0.248. The summed E-state index contributed by atoms with van der Waals surface area (Å²) in [6.45, 7) is 8.00. The third kappa shape index (κ3) is 3.74. The predicted octanol–water partition coefficient (Wildman–Crippen LogP) is 1.08. The number of nitrogens with one attached hydrogen (secondary N) is 1. The van der Waals surface area contributed by atoms with Crippen molar-refractivity contribution in [3.05, 3.63) is 0 Å². The first-order valence-electron chi connectivity index (χ1n) is 6.11. The van der Waals surface area contributed by atoms with E-state index < -0.39 is 0 Å². The Labute approximate surface area is 93.9 Å². The van der Waals surface area contributed by atoms with E-state index in [2.05, 4.69) is 38.0 Å². The number of nitrogens with zero attached hydrogens (tertiary/aromatic N) is 1. The maximum absolute atomic E-state index is 9.27. The first kappa shape index (κ1) is 12.9. The lowest BCUT2D eigenvalue weighted by molar-refractivity contribution is 0.137. The number of hydrogen-bond acceptors (Lipinski definition) is 3. The van der Waals surface area contributed by atoms with Crippen LogP contribution in [0, 0.1) is 5.92 Å². The average Bonchev–Trinajstić information content (AvgIpc) is 2.19. The van der Waals surface area contributed by atoms with Gasteiger partial charge in [0.05, 0.1) is 6.61 Å². The molecule has 0 aromatic heterocycles. The molecule has 0 aliphatic carbocycles. The largest absolute Gasteiger partial charge is 0.395 e. The minimum absolute atomic E-state index is 0.248. The zero-order valence-electron chi connectivity index (χ0n) is 10.5. The van der Waals surface area contributed by atoms with Gasteiger partial charge in [0, 0.05) is 18.1 Å². The molecule has 2 N–H and O–H groups in total. The second-order valence-corrected chi connectivity index (χ2v) is 5.25. The Morgan fingerprint density at radius 1 is 1.47 bits per heavy atom. The molecule has 0 bridgehead atoms. The second-order valence-electron chi connectivity index (χ2n) is 5.25. The Bertz CT molecular complexity index is 184. The third-order valence-corrected chi connectivity index (χ3v) is 3.66. The molecule has 2 unspecified atom stereocenters. The summed E-state index contributed by atoms with van der Waals surface area (Å²) in [6, 6.07) is 1.49. The molecule has 1 heterocycles. The number of piperidine rings is 1. The van der Waals surface area contributed by atoms with Crippen molar-refractivity contribution in [2.75, 3.05) is 20.2 Å². The van der Waals surface area contributed by atoms with E-state index in [0.29, 0.717) is 18.0 Å². The van der Waals surface area contributed by atoms with Crippen molar-refractivity contribution in [3.8, 4) is 0 Å². The van der Waals surface area contributed by atoms with Gasteiger partial charge in [-0.3, -0.25) is 0 Å². The van der Waals surface area contributed by atoms with Gasteiger partial charge in [-0.05, 0) is 39.3 Å². The van der Waals surface area contributed by atoms with Crippen molar-refractivity contribution in [3.63, 3.8) is 0 Å². The first-order valence-corrected chi connectivity index (χ1v) is 6.11. The van der Waals surface area contributed by atoms with Crippen LogP contribution in [-0.2, 0) is 0 Å². The number of aliphatic hydroxyl groups excluding tert-OH is 1. The van der Waals surface area contributed by atoms with Crippen molar-refractivity contribution >= 4 is 0 Å². The zero-order valence-corrected chi connectivity index (χ0v) is 10.5. The lowest BCUT2D eigenvalue weighted by Gasteiger charge is -2.37. The van der Waals surface area contributed by atoms with E-state index in [1.165, 1.54) is 12.8 Å².